The largest absolute Gasteiger partial charge is 0.332 e. The molecule has 0 aliphatic rings. The highest BCUT2D eigenvalue weighted by molar-refractivity contribution is 6.30. The van der Waals surface area contributed by atoms with Gasteiger partial charge in [0.05, 0.1) is 0 Å². The molecule has 0 bridgehead atoms. The quantitative estimate of drug-likeness (QED) is 0.562. The van der Waals surface area contributed by atoms with Gasteiger partial charge >= 0.3 is 5.69 Å². The maximum atomic E-state index is 12.3. The van der Waals surface area contributed by atoms with Crippen LogP contribution in [0, 0.1) is 0 Å². The van der Waals surface area contributed by atoms with Crippen molar-refractivity contribution in [1.29, 1.82) is 0 Å². The summed E-state index contributed by atoms with van der Waals surface area (Å²) in [6, 6.07) is 7.11. The molecule has 0 spiro atoms. The Morgan fingerprint density at radius 1 is 1.09 bits per heavy atom. The van der Waals surface area contributed by atoms with E-state index in [4.69, 9.17) is 11.6 Å². The number of nitrogens with zero attached hydrogens (tertiary/aromatic N) is 5. The van der Waals surface area contributed by atoms with Crippen molar-refractivity contribution in [2.24, 2.45) is 14.1 Å². The van der Waals surface area contributed by atoms with Gasteiger partial charge in [-0.1, -0.05) is 11.6 Å². The highest BCUT2D eigenvalue weighted by atomic mass is 35.5. The minimum Gasteiger partial charge on any atom is -0.280 e. The second-order valence-corrected chi connectivity index (χ2v) is 5.64. The van der Waals surface area contributed by atoms with Gasteiger partial charge in [-0.25, -0.2) is 19.3 Å². The number of hydrogen-bond donors (Lipinski definition) is 1. The average Bonchev–Trinajstić information content (AvgIpc) is 3.11. The van der Waals surface area contributed by atoms with Crippen molar-refractivity contribution in [1.82, 2.24) is 28.7 Å². The van der Waals surface area contributed by atoms with Crippen molar-refractivity contribution >= 4 is 28.5 Å². The van der Waals surface area contributed by atoms with Crippen LogP contribution in [0.2, 0.25) is 5.02 Å². The highest BCUT2D eigenvalue weighted by Gasteiger charge is 2.19. The molecule has 0 saturated carbocycles. The number of H-pyrrole nitrogens is 1. The minimum atomic E-state index is -0.442. The maximum Gasteiger partial charge on any atom is 0.332 e. The summed E-state index contributed by atoms with van der Waals surface area (Å²) in [5, 5.41) is 7.63. The van der Waals surface area contributed by atoms with Crippen LogP contribution in [0.1, 0.15) is 0 Å². The van der Waals surface area contributed by atoms with Crippen LogP contribution in [0.25, 0.3) is 28.3 Å². The van der Waals surface area contributed by atoms with E-state index in [0.717, 1.165) is 10.1 Å². The molecule has 0 atom stereocenters. The summed E-state index contributed by atoms with van der Waals surface area (Å²) in [5.41, 5.74) is 0.521. The summed E-state index contributed by atoms with van der Waals surface area (Å²) >= 11 is 5.91. The van der Waals surface area contributed by atoms with Crippen LogP contribution in [0.5, 0.6) is 0 Å². The van der Waals surface area contributed by atoms with Crippen LogP contribution >= 0.6 is 11.6 Å². The number of halogens is 1. The summed E-state index contributed by atoms with van der Waals surface area (Å²) in [4.78, 5) is 28.7. The molecule has 3 heterocycles. The molecule has 9 heteroatoms. The number of aromatic nitrogens is 6. The summed E-state index contributed by atoms with van der Waals surface area (Å²) in [7, 11) is 3.02. The molecule has 1 N–H and O–H groups in total. The molecule has 4 aromatic rings. The van der Waals surface area contributed by atoms with Crippen LogP contribution in [-0.2, 0) is 14.1 Å². The number of benzene rings is 1. The molecule has 0 radical (unpaired) electrons. The summed E-state index contributed by atoms with van der Waals surface area (Å²) < 4.78 is 4.07. The van der Waals surface area contributed by atoms with Crippen molar-refractivity contribution < 1.29 is 0 Å². The zero-order valence-corrected chi connectivity index (χ0v) is 13.0. The normalized spacial score (nSPS) is 11.6. The van der Waals surface area contributed by atoms with E-state index in [9.17, 15) is 9.59 Å². The molecule has 23 heavy (non-hydrogen) atoms. The van der Waals surface area contributed by atoms with E-state index < -0.39 is 11.2 Å². The van der Waals surface area contributed by atoms with Gasteiger partial charge in [-0.3, -0.25) is 13.9 Å². The molecule has 0 aliphatic heterocycles. The SMILES string of the molecule is Cn1c(=O)c2nc3[nH]nc(-c4ccc(Cl)cc4)n3c2n(C)c1=O. The van der Waals surface area contributed by atoms with Gasteiger partial charge in [0.15, 0.2) is 17.0 Å². The Morgan fingerprint density at radius 2 is 1.78 bits per heavy atom. The first-order valence-electron chi connectivity index (χ1n) is 6.77. The van der Waals surface area contributed by atoms with Crippen LogP contribution < -0.4 is 11.2 Å². The molecule has 3 aromatic heterocycles. The summed E-state index contributed by atoms with van der Waals surface area (Å²) in [5.74, 6) is 0.936. The van der Waals surface area contributed by atoms with Gasteiger partial charge in [0.2, 0.25) is 5.78 Å². The van der Waals surface area contributed by atoms with E-state index in [0.29, 0.717) is 22.3 Å². The highest BCUT2D eigenvalue weighted by Crippen LogP contribution is 2.23. The predicted molar refractivity (Wildman–Crippen MR) is 85.8 cm³/mol. The number of hydrogen-bond acceptors (Lipinski definition) is 4. The van der Waals surface area contributed by atoms with Crippen molar-refractivity contribution in [3.63, 3.8) is 0 Å². The number of fused-ring (bicyclic) bond motifs is 3. The molecule has 4 rings (SSSR count). The Labute approximate surface area is 133 Å². The summed E-state index contributed by atoms with van der Waals surface area (Å²) in [6.07, 6.45) is 0. The maximum absolute atomic E-state index is 12.3. The molecular formula is C14H11ClN6O2. The van der Waals surface area contributed by atoms with E-state index in [2.05, 4.69) is 15.2 Å². The molecule has 1 aromatic carbocycles. The van der Waals surface area contributed by atoms with Crippen LogP contribution in [-0.4, -0.2) is 28.7 Å². The van der Waals surface area contributed by atoms with Gasteiger partial charge in [0, 0.05) is 24.7 Å². The van der Waals surface area contributed by atoms with Gasteiger partial charge in [-0.2, -0.15) is 5.10 Å². The van der Waals surface area contributed by atoms with Gasteiger partial charge in [0.1, 0.15) is 0 Å². The minimum absolute atomic E-state index is 0.207. The molecule has 0 aliphatic carbocycles. The number of aryl methyl sites for hydroxylation is 1. The lowest BCUT2D eigenvalue weighted by atomic mass is 10.2. The van der Waals surface area contributed by atoms with E-state index in [1.807, 2.05) is 12.1 Å². The summed E-state index contributed by atoms with van der Waals surface area (Å²) in [6.45, 7) is 0. The first-order valence-corrected chi connectivity index (χ1v) is 7.15. The third kappa shape index (κ3) is 1.78. The Balaban J connectivity index is 2.19. The van der Waals surface area contributed by atoms with Gasteiger partial charge in [-0.15, -0.1) is 0 Å². The average molecular weight is 331 g/mol. The third-order valence-corrected chi connectivity index (χ3v) is 4.08. The Kier molecular flexibility index (Phi) is 2.73. The van der Waals surface area contributed by atoms with E-state index in [1.165, 1.54) is 11.6 Å². The lowest BCUT2D eigenvalue weighted by Gasteiger charge is -2.05. The van der Waals surface area contributed by atoms with Crippen LogP contribution in [0.4, 0.5) is 0 Å². The molecule has 0 fully saturated rings. The van der Waals surface area contributed by atoms with Crippen LogP contribution in [0.15, 0.2) is 33.9 Å². The number of rotatable bonds is 1. The lowest BCUT2D eigenvalue weighted by Crippen LogP contribution is -2.37. The Morgan fingerprint density at radius 3 is 2.48 bits per heavy atom. The molecule has 0 amide bonds. The zero-order valence-electron chi connectivity index (χ0n) is 12.2. The van der Waals surface area contributed by atoms with E-state index in [1.54, 1.807) is 23.6 Å². The number of imidazole rings is 1. The van der Waals surface area contributed by atoms with Gasteiger partial charge in [0.25, 0.3) is 5.56 Å². The fraction of sp³-hybridized carbons (Fsp3) is 0.143. The predicted octanol–water partition coefficient (Wildman–Crippen LogP) is 0.928. The lowest BCUT2D eigenvalue weighted by molar-refractivity contribution is 0.706. The fourth-order valence-electron chi connectivity index (χ4n) is 2.65. The zero-order chi connectivity index (χ0) is 16.3. The molecule has 8 nitrogen and oxygen atoms in total. The third-order valence-electron chi connectivity index (χ3n) is 3.83. The van der Waals surface area contributed by atoms with Crippen molar-refractivity contribution in [2.75, 3.05) is 0 Å². The second-order valence-electron chi connectivity index (χ2n) is 5.20. The number of aromatic amines is 1. The van der Waals surface area contributed by atoms with Gasteiger partial charge in [-0.05, 0) is 24.3 Å². The fourth-order valence-corrected chi connectivity index (χ4v) is 2.77. The Hall–Kier alpha value is -2.87. The second kappa shape index (κ2) is 4.56. The standard InChI is InChI=1S/C14H11ClN6O2/c1-19-11-9(12(22)20(2)14(19)23)16-13-18-17-10(21(11)13)7-3-5-8(15)6-4-7/h3-6H,1-2H3,(H,16,18). The first kappa shape index (κ1) is 13.8. The molecule has 0 unspecified atom stereocenters. The van der Waals surface area contributed by atoms with Gasteiger partial charge < -0.3 is 0 Å². The topological polar surface area (TPSA) is 90.0 Å². The van der Waals surface area contributed by atoms with Crippen molar-refractivity contribution in [2.45, 2.75) is 0 Å². The number of nitrogens with one attached hydrogen (secondary N) is 1. The van der Waals surface area contributed by atoms with Crippen molar-refractivity contribution in [3.05, 3.63) is 50.1 Å². The first-order chi connectivity index (χ1) is 11.0. The van der Waals surface area contributed by atoms with E-state index >= 15 is 0 Å². The molecule has 0 saturated heterocycles. The Bertz CT molecular complexity index is 1180. The van der Waals surface area contributed by atoms with E-state index in [-0.39, 0.29) is 5.52 Å². The van der Waals surface area contributed by atoms with Crippen LogP contribution in [0.3, 0.4) is 0 Å². The molecular weight excluding hydrogens is 320 g/mol. The molecule has 116 valence electrons. The monoisotopic (exact) mass is 330 g/mol. The van der Waals surface area contributed by atoms with Crippen molar-refractivity contribution in [3.8, 4) is 11.4 Å². The smallest absolute Gasteiger partial charge is 0.280 e.